The van der Waals surface area contributed by atoms with Crippen molar-refractivity contribution in [3.63, 3.8) is 0 Å². The average molecular weight is 231 g/mol. The molecule has 1 rings (SSSR count). The summed E-state index contributed by atoms with van der Waals surface area (Å²) in [5.41, 5.74) is 1.01. The standard InChI is InChI=1S/C10H12Cl2Si/c1-13(2)10(12)9(11)8-6-4-3-5-7-8/h3-7,13H,1-2H3. The van der Waals surface area contributed by atoms with Crippen molar-refractivity contribution < 1.29 is 0 Å². The molecular weight excluding hydrogens is 219 g/mol. The van der Waals surface area contributed by atoms with Gasteiger partial charge in [-0.05, 0) is 5.56 Å². The summed E-state index contributed by atoms with van der Waals surface area (Å²) in [4.78, 5) is 0. The highest BCUT2D eigenvalue weighted by Gasteiger charge is 2.08. The van der Waals surface area contributed by atoms with Crippen molar-refractivity contribution in [3.05, 3.63) is 40.6 Å². The maximum absolute atomic E-state index is 6.13. The molecule has 0 bridgehead atoms. The molecule has 13 heavy (non-hydrogen) atoms. The van der Waals surface area contributed by atoms with E-state index in [1.54, 1.807) is 0 Å². The lowest BCUT2D eigenvalue weighted by Gasteiger charge is -2.05. The molecule has 0 unspecified atom stereocenters. The largest absolute Gasteiger partial charge is 0.0930 e. The normalized spacial score (nSPS) is 13.0. The topological polar surface area (TPSA) is 0 Å². The Hall–Kier alpha value is -0.243. The van der Waals surface area contributed by atoms with Gasteiger partial charge in [-0.1, -0.05) is 66.6 Å². The van der Waals surface area contributed by atoms with Crippen molar-refractivity contribution in [3.8, 4) is 0 Å². The van der Waals surface area contributed by atoms with E-state index in [-0.39, 0.29) is 0 Å². The van der Waals surface area contributed by atoms with Crippen LogP contribution in [0.1, 0.15) is 5.56 Å². The van der Waals surface area contributed by atoms with Crippen LogP contribution in [-0.2, 0) is 0 Å². The maximum Gasteiger partial charge on any atom is 0.0814 e. The number of halogens is 2. The van der Waals surface area contributed by atoms with E-state index in [1.165, 1.54) is 0 Å². The van der Waals surface area contributed by atoms with Gasteiger partial charge in [-0.25, -0.2) is 0 Å². The number of hydrogen-bond donors (Lipinski definition) is 0. The van der Waals surface area contributed by atoms with Gasteiger partial charge in [0.1, 0.15) is 0 Å². The second kappa shape index (κ2) is 4.84. The minimum absolute atomic E-state index is 0.712. The first kappa shape index (κ1) is 10.8. The van der Waals surface area contributed by atoms with Gasteiger partial charge in [-0.2, -0.15) is 0 Å². The Morgan fingerprint density at radius 3 is 2.08 bits per heavy atom. The fraction of sp³-hybridized carbons (Fsp3) is 0.200. The predicted molar refractivity (Wildman–Crippen MR) is 63.9 cm³/mol. The van der Waals surface area contributed by atoms with Crippen LogP contribution in [0.25, 0.3) is 5.03 Å². The van der Waals surface area contributed by atoms with Gasteiger partial charge >= 0.3 is 0 Å². The van der Waals surface area contributed by atoms with Gasteiger partial charge in [-0.15, -0.1) is 0 Å². The van der Waals surface area contributed by atoms with Gasteiger partial charge in [0.05, 0.1) is 13.8 Å². The molecule has 0 fully saturated rings. The van der Waals surface area contributed by atoms with Crippen LogP contribution in [0.4, 0.5) is 0 Å². The molecule has 1 aromatic carbocycles. The van der Waals surface area contributed by atoms with Crippen molar-refractivity contribution in [2.24, 2.45) is 0 Å². The van der Waals surface area contributed by atoms with Crippen LogP contribution in [-0.4, -0.2) is 8.80 Å². The van der Waals surface area contributed by atoms with E-state index in [9.17, 15) is 0 Å². The molecule has 0 radical (unpaired) electrons. The Morgan fingerprint density at radius 2 is 1.62 bits per heavy atom. The summed E-state index contributed by atoms with van der Waals surface area (Å²) in [5, 5.41) is 0.712. The van der Waals surface area contributed by atoms with E-state index in [2.05, 4.69) is 13.1 Å². The lowest BCUT2D eigenvalue weighted by Crippen LogP contribution is -2.01. The lowest BCUT2D eigenvalue weighted by atomic mass is 10.2. The summed E-state index contributed by atoms with van der Waals surface area (Å²) in [7, 11) is -0.979. The Balaban J connectivity index is 3.03. The second-order valence-electron chi connectivity index (χ2n) is 3.18. The van der Waals surface area contributed by atoms with Gasteiger partial charge in [0, 0.05) is 4.66 Å². The van der Waals surface area contributed by atoms with Crippen molar-refractivity contribution in [2.75, 3.05) is 0 Å². The fourth-order valence-corrected chi connectivity index (χ4v) is 2.54. The Kier molecular flexibility index (Phi) is 4.04. The third kappa shape index (κ3) is 2.87. The van der Waals surface area contributed by atoms with E-state index in [0.29, 0.717) is 5.03 Å². The molecule has 1 aromatic rings. The molecule has 0 amide bonds. The molecule has 0 aromatic heterocycles. The SMILES string of the molecule is C[SiH](C)C(Cl)=C(Cl)c1ccccc1. The van der Waals surface area contributed by atoms with Gasteiger partial charge in [-0.3, -0.25) is 0 Å². The predicted octanol–water partition coefficient (Wildman–Crippen LogP) is 3.86. The summed E-state index contributed by atoms with van der Waals surface area (Å²) < 4.78 is 0.855. The molecule has 70 valence electrons. The summed E-state index contributed by atoms with van der Waals surface area (Å²) >= 11 is 12.2. The molecule has 0 spiro atoms. The van der Waals surface area contributed by atoms with Crippen molar-refractivity contribution >= 4 is 37.0 Å². The highest BCUT2D eigenvalue weighted by atomic mass is 35.5. The van der Waals surface area contributed by atoms with Crippen LogP contribution in [0.2, 0.25) is 13.1 Å². The van der Waals surface area contributed by atoms with Crippen molar-refractivity contribution in [1.29, 1.82) is 0 Å². The quantitative estimate of drug-likeness (QED) is 0.678. The minimum atomic E-state index is -0.979. The van der Waals surface area contributed by atoms with E-state index in [1.807, 2.05) is 30.3 Å². The third-order valence-corrected chi connectivity index (χ3v) is 5.25. The molecule has 0 saturated heterocycles. The van der Waals surface area contributed by atoms with Gasteiger partial charge in [0.15, 0.2) is 0 Å². The van der Waals surface area contributed by atoms with Crippen LogP contribution in [0.3, 0.4) is 0 Å². The van der Waals surface area contributed by atoms with E-state index < -0.39 is 8.80 Å². The Labute approximate surface area is 90.8 Å². The fourth-order valence-electron chi connectivity index (χ4n) is 0.976. The van der Waals surface area contributed by atoms with Crippen LogP contribution >= 0.6 is 23.2 Å². The zero-order valence-electron chi connectivity index (χ0n) is 7.72. The smallest absolute Gasteiger partial charge is 0.0814 e. The molecule has 0 N–H and O–H groups in total. The summed E-state index contributed by atoms with van der Waals surface area (Å²) in [6.45, 7) is 4.32. The lowest BCUT2D eigenvalue weighted by molar-refractivity contribution is 1.65. The van der Waals surface area contributed by atoms with Gasteiger partial charge in [0.25, 0.3) is 0 Å². The van der Waals surface area contributed by atoms with Gasteiger partial charge in [0.2, 0.25) is 0 Å². The number of hydrogen-bond acceptors (Lipinski definition) is 0. The first-order chi connectivity index (χ1) is 6.13. The minimum Gasteiger partial charge on any atom is -0.0930 e. The first-order valence-corrected chi connectivity index (χ1v) is 7.87. The summed E-state index contributed by atoms with van der Waals surface area (Å²) in [5.74, 6) is 0. The molecule has 0 aliphatic heterocycles. The van der Waals surface area contributed by atoms with Gasteiger partial charge < -0.3 is 0 Å². The van der Waals surface area contributed by atoms with E-state index in [4.69, 9.17) is 23.2 Å². The highest BCUT2D eigenvalue weighted by Crippen LogP contribution is 2.26. The zero-order valence-corrected chi connectivity index (χ0v) is 10.4. The molecule has 0 heterocycles. The van der Waals surface area contributed by atoms with Crippen LogP contribution in [0.5, 0.6) is 0 Å². The second-order valence-corrected chi connectivity index (χ2v) is 7.22. The summed E-state index contributed by atoms with van der Waals surface area (Å²) in [6.07, 6.45) is 0. The maximum atomic E-state index is 6.13. The first-order valence-electron chi connectivity index (χ1n) is 4.23. The zero-order chi connectivity index (χ0) is 9.84. The van der Waals surface area contributed by atoms with Crippen LogP contribution < -0.4 is 0 Å². The highest BCUT2D eigenvalue weighted by molar-refractivity contribution is 6.81. The Morgan fingerprint density at radius 1 is 1.08 bits per heavy atom. The molecule has 0 atom stereocenters. The van der Waals surface area contributed by atoms with E-state index in [0.717, 1.165) is 10.2 Å². The Bertz CT molecular complexity index is 304. The number of benzene rings is 1. The molecule has 0 saturated carbocycles. The van der Waals surface area contributed by atoms with Crippen molar-refractivity contribution in [1.82, 2.24) is 0 Å². The third-order valence-electron chi connectivity index (χ3n) is 1.74. The molecule has 0 aliphatic rings. The number of rotatable bonds is 2. The van der Waals surface area contributed by atoms with Crippen molar-refractivity contribution in [2.45, 2.75) is 13.1 Å². The molecule has 3 heteroatoms. The van der Waals surface area contributed by atoms with E-state index >= 15 is 0 Å². The average Bonchev–Trinajstić information content (AvgIpc) is 2.17. The molecule has 0 aliphatic carbocycles. The molecule has 0 nitrogen and oxygen atoms in total. The monoisotopic (exact) mass is 230 g/mol. The van der Waals surface area contributed by atoms with Crippen LogP contribution in [0, 0.1) is 0 Å². The summed E-state index contributed by atoms with van der Waals surface area (Å²) in [6, 6.07) is 9.84. The van der Waals surface area contributed by atoms with Crippen LogP contribution in [0.15, 0.2) is 35.0 Å². The molecular formula is C10H12Cl2Si.